The molecule has 0 saturated carbocycles. The summed E-state index contributed by atoms with van der Waals surface area (Å²) in [5.41, 5.74) is -0.357. The molecular weight excluding hydrogens is 254 g/mol. The van der Waals surface area contributed by atoms with E-state index in [1.807, 2.05) is 34.6 Å². The maximum atomic E-state index is 12.2. The molecule has 0 aromatic carbocycles. The number of rotatable bonds is 4. The first-order valence-corrected chi connectivity index (χ1v) is 6.46. The molecule has 0 N–H and O–H groups in total. The minimum Gasteiger partial charge on any atom is -0.467 e. The Balaban J connectivity index is 5.05. The van der Waals surface area contributed by atoms with Crippen LogP contribution >= 0.6 is 11.6 Å². The third-order valence-electron chi connectivity index (χ3n) is 2.82. The van der Waals surface area contributed by atoms with E-state index in [4.69, 9.17) is 16.3 Å². The van der Waals surface area contributed by atoms with E-state index in [0.29, 0.717) is 0 Å². The van der Waals surface area contributed by atoms with Crippen LogP contribution in [0, 0.1) is 11.3 Å². The molecule has 4 nitrogen and oxygen atoms in total. The summed E-state index contributed by atoms with van der Waals surface area (Å²) in [6, 6.07) is -0.605. The monoisotopic (exact) mass is 277 g/mol. The molecule has 0 aliphatic rings. The maximum absolute atomic E-state index is 12.2. The van der Waals surface area contributed by atoms with E-state index in [1.165, 1.54) is 12.0 Å². The van der Waals surface area contributed by atoms with Crippen molar-refractivity contribution in [3.63, 3.8) is 0 Å². The molecule has 0 spiro atoms. The van der Waals surface area contributed by atoms with Gasteiger partial charge in [0.1, 0.15) is 11.4 Å². The summed E-state index contributed by atoms with van der Waals surface area (Å²) < 4.78 is 4.73. The Labute approximate surface area is 115 Å². The van der Waals surface area contributed by atoms with Crippen LogP contribution in [0.25, 0.3) is 0 Å². The van der Waals surface area contributed by atoms with Crippen molar-refractivity contribution in [3.8, 4) is 0 Å². The van der Waals surface area contributed by atoms with Gasteiger partial charge in [-0.1, -0.05) is 34.6 Å². The number of carbonyl (C=O) groups excluding carboxylic acids is 2. The van der Waals surface area contributed by atoms with Gasteiger partial charge < -0.3 is 9.64 Å². The zero-order chi connectivity index (χ0) is 14.7. The minimum atomic E-state index is -0.673. The average Bonchev–Trinajstić information content (AvgIpc) is 2.24. The topological polar surface area (TPSA) is 46.6 Å². The molecule has 18 heavy (non-hydrogen) atoms. The maximum Gasteiger partial charge on any atom is 0.328 e. The van der Waals surface area contributed by atoms with E-state index >= 15 is 0 Å². The highest BCUT2D eigenvalue weighted by Crippen LogP contribution is 2.27. The highest BCUT2D eigenvalue weighted by Gasteiger charge is 2.37. The van der Waals surface area contributed by atoms with Crippen LogP contribution in [0.4, 0.5) is 0 Å². The molecule has 0 rings (SSSR count). The van der Waals surface area contributed by atoms with Crippen molar-refractivity contribution in [2.24, 2.45) is 11.3 Å². The van der Waals surface area contributed by atoms with Gasteiger partial charge >= 0.3 is 5.97 Å². The van der Waals surface area contributed by atoms with Crippen LogP contribution in [0.1, 0.15) is 34.6 Å². The molecule has 0 radical (unpaired) electrons. The molecule has 2 atom stereocenters. The number of nitrogens with zero attached hydrogens (tertiary/aromatic N) is 1. The van der Waals surface area contributed by atoms with Crippen molar-refractivity contribution in [2.75, 3.05) is 14.2 Å². The molecule has 0 aliphatic carbocycles. The number of halogens is 1. The van der Waals surface area contributed by atoms with Crippen LogP contribution in [-0.2, 0) is 14.3 Å². The van der Waals surface area contributed by atoms with Gasteiger partial charge in [-0.05, 0) is 11.3 Å². The van der Waals surface area contributed by atoms with Crippen LogP contribution in [-0.4, -0.2) is 42.4 Å². The predicted molar refractivity (Wildman–Crippen MR) is 72.5 cm³/mol. The lowest BCUT2D eigenvalue weighted by Gasteiger charge is -2.33. The number of carbonyl (C=O) groups is 2. The fourth-order valence-corrected chi connectivity index (χ4v) is 1.84. The molecule has 0 fully saturated rings. The normalized spacial score (nSPS) is 15.2. The van der Waals surface area contributed by atoms with Crippen LogP contribution in [0.2, 0.25) is 0 Å². The summed E-state index contributed by atoms with van der Waals surface area (Å²) in [5.74, 6) is -0.706. The summed E-state index contributed by atoms with van der Waals surface area (Å²) in [4.78, 5) is 25.3. The number of esters is 1. The van der Waals surface area contributed by atoms with Crippen LogP contribution in [0.5, 0.6) is 0 Å². The molecule has 106 valence electrons. The molecule has 0 aliphatic heterocycles. The van der Waals surface area contributed by atoms with Gasteiger partial charge in [0.2, 0.25) is 5.91 Å². The summed E-state index contributed by atoms with van der Waals surface area (Å²) in [5, 5.41) is -0.673. The summed E-state index contributed by atoms with van der Waals surface area (Å²) >= 11 is 6.16. The van der Waals surface area contributed by atoms with Crippen LogP contribution < -0.4 is 0 Å². The first-order valence-electron chi connectivity index (χ1n) is 6.02. The van der Waals surface area contributed by atoms with E-state index in [9.17, 15) is 9.59 Å². The van der Waals surface area contributed by atoms with Crippen molar-refractivity contribution in [3.05, 3.63) is 0 Å². The first-order chi connectivity index (χ1) is 8.03. The van der Waals surface area contributed by atoms with Gasteiger partial charge in [-0.25, -0.2) is 4.79 Å². The van der Waals surface area contributed by atoms with E-state index in [0.717, 1.165) is 0 Å². The molecule has 5 heteroatoms. The second kappa shape index (κ2) is 6.41. The Kier molecular flexibility index (Phi) is 6.14. The second-order valence-corrected chi connectivity index (χ2v) is 6.33. The van der Waals surface area contributed by atoms with E-state index in [1.54, 1.807) is 7.05 Å². The lowest BCUT2D eigenvalue weighted by molar-refractivity contribution is -0.154. The number of alkyl halides is 1. The van der Waals surface area contributed by atoms with Gasteiger partial charge in [0.05, 0.1) is 7.11 Å². The fourth-order valence-electron chi connectivity index (χ4n) is 1.68. The van der Waals surface area contributed by atoms with Gasteiger partial charge in [0.25, 0.3) is 0 Å². The number of amides is 1. The molecule has 1 amide bonds. The van der Waals surface area contributed by atoms with Gasteiger partial charge in [-0.3, -0.25) is 4.79 Å². The lowest BCUT2D eigenvalue weighted by atomic mass is 9.90. The standard InChI is InChI=1S/C13H24ClNO3/c1-8(2)9(12(17)18-7)15(6)11(16)10(14)13(3,4)5/h8-10H,1-7H3/t9-,10+/m0/s1. The Morgan fingerprint density at radius 3 is 1.94 bits per heavy atom. The van der Waals surface area contributed by atoms with Crippen molar-refractivity contribution in [1.82, 2.24) is 4.90 Å². The van der Waals surface area contributed by atoms with Crippen molar-refractivity contribution in [1.29, 1.82) is 0 Å². The number of hydrogen-bond acceptors (Lipinski definition) is 3. The largest absolute Gasteiger partial charge is 0.467 e. The van der Waals surface area contributed by atoms with Gasteiger partial charge in [-0.2, -0.15) is 0 Å². The number of ether oxygens (including phenoxy) is 1. The van der Waals surface area contributed by atoms with Gasteiger partial charge in [-0.15, -0.1) is 11.6 Å². The third kappa shape index (κ3) is 4.16. The number of likely N-dealkylation sites (N-methyl/N-ethyl adjacent to an activating group) is 1. The Bertz CT molecular complexity index is 310. The van der Waals surface area contributed by atoms with E-state index < -0.39 is 17.4 Å². The molecular formula is C13H24ClNO3. The zero-order valence-corrected chi connectivity index (χ0v) is 13.0. The van der Waals surface area contributed by atoms with E-state index in [2.05, 4.69) is 0 Å². The minimum absolute atomic E-state index is 0.0322. The zero-order valence-electron chi connectivity index (χ0n) is 12.3. The van der Waals surface area contributed by atoms with Crippen molar-refractivity contribution in [2.45, 2.75) is 46.0 Å². The van der Waals surface area contributed by atoms with Crippen molar-refractivity contribution >= 4 is 23.5 Å². The summed E-state index contributed by atoms with van der Waals surface area (Å²) in [6.07, 6.45) is 0. The summed E-state index contributed by atoms with van der Waals surface area (Å²) in [6.45, 7) is 9.40. The Morgan fingerprint density at radius 2 is 1.67 bits per heavy atom. The lowest BCUT2D eigenvalue weighted by Crippen LogP contribution is -2.50. The van der Waals surface area contributed by atoms with E-state index in [-0.39, 0.29) is 17.2 Å². The molecule has 0 heterocycles. The fraction of sp³-hybridized carbons (Fsp3) is 0.846. The SMILES string of the molecule is COC(=O)[C@H](C(C)C)N(C)C(=O)[C@@H](Cl)C(C)(C)C. The Morgan fingerprint density at radius 1 is 1.22 bits per heavy atom. The van der Waals surface area contributed by atoms with Crippen LogP contribution in [0.3, 0.4) is 0 Å². The Hall–Kier alpha value is -0.770. The number of hydrogen-bond donors (Lipinski definition) is 0. The average molecular weight is 278 g/mol. The number of methoxy groups -OCH3 is 1. The highest BCUT2D eigenvalue weighted by molar-refractivity contribution is 6.31. The highest BCUT2D eigenvalue weighted by atomic mass is 35.5. The molecule has 0 bridgehead atoms. The quantitative estimate of drug-likeness (QED) is 0.585. The second-order valence-electron chi connectivity index (χ2n) is 5.89. The smallest absolute Gasteiger partial charge is 0.328 e. The van der Waals surface area contributed by atoms with Crippen molar-refractivity contribution < 1.29 is 14.3 Å². The molecule has 0 aromatic heterocycles. The van der Waals surface area contributed by atoms with Gasteiger partial charge in [0.15, 0.2) is 0 Å². The van der Waals surface area contributed by atoms with Crippen LogP contribution in [0.15, 0.2) is 0 Å². The predicted octanol–water partition coefficient (Wildman–Crippen LogP) is 2.30. The summed E-state index contributed by atoms with van der Waals surface area (Å²) in [7, 11) is 2.91. The molecule has 0 unspecified atom stereocenters. The molecule has 0 aromatic rings. The third-order valence-corrected chi connectivity index (χ3v) is 3.66. The van der Waals surface area contributed by atoms with Gasteiger partial charge in [0, 0.05) is 7.05 Å². The molecule has 0 saturated heterocycles. The first kappa shape index (κ1) is 17.2.